The highest BCUT2D eigenvalue weighted by Gasteiger charge is 2.18. The Morgan fingerprint density at radius 2 is 1.47 bits per heavy atom. The molecule has 0 aromatic heterocycles. The zero-order valence-corrected chi connectivity index (χ0v) is 11.6. The zero-order chi connectivity index (χ0) is 13.8. The van der Waals surface area contributed by atoms with Crippen molar-refractivity contribution in [3.05, 3.63) is 58.6 Å². The predicted octanol–water partition coefficient (Wildman–Crippen LogP) is 3.41. The van der Waals surface area contributed by atoms with E-state index in [-0.39, 0.29) is 6.04 Å². The number of benzene rings is 2. The Labute approximate surface area is 117 Å². The van der Waals surface area contributed by atoms with Gasteiger partial charge in [0.1, 0.15) is 11.5 Å². The van der Waals surface area contributed by atoms with Crippen molar-refractivity contribution in [3.8, 4) is 11.5 Å². The minimum Gasteiger partial charge on any atom is -0.496 e. The molecule has 0 saturated carbocycles. The molecule has 2 aromatic rings. The van der Waals surface area contributed by atoms with Crippen molar-refractivity contribution in [1.29, 1.82) is 0 Å². The lowest BCUT2D eigenvalue weighted by Gasteiger charge is -2.19. The van der Waals surface area contributed by atoms with Crippen LogP contribution in [-0.4, -0.2) is 14.2 Å². The van der Waals surface area contributed by atoms with Crippen LogP contribution in [-0.2, 0) is 0 Å². The Kier molecular flexibility index (Phi) is 4.30. The summed E-state index contributed by atoms with van der Waals surface area (Å²) in [5.74, 6) is 1.42. The van der Waals surface area contributed by atoms with Gasteiger partial charge in [-0.3, -0.25) is 0 Å². The maximum Gasteiger partial charge on any atom is 0.127 e. The van der Waals surface area contributed by atoms with Crippen LogP contribution in [0.25, 0.3) is 0 Å². The lowest BCUT2D eigenvalue weighted by Crippen LogP contribution is -2.14. The number of methoxy groups -OCH3 is 2. The smallest absolute Gasteiger partial charge is 0.127 e. The van der Waals surface area contributed by atoms with Crippen LogP contribution in [0.3, 0.4) is 0 Å². The molecule has 0 bridgehead atoms. The second-order valence-corrected chi connectivity index (χ2v) is 4.54. The Bertz CT molecular complexity index is 532. The monoisotopic (exact) mass is 277 g/mol. The van der Waals surface area contributed by atoms with Crippen LogP contribution in [0.15, 0.2) is 42.5 Å². The van der Waals surface area contributed by atoms with E-state index in [2.05, 4.69) is 0 Å². The van der Waals surface area contributed by atoms with Crippen molar-refractivity contribution in [1.82, 2.24) is 0 Å². The molecule has 0 fully saturated rings. The molecule has 1 unspecified atom stereocenters. The van der Waals surface area contributed by atoms with Gasteiger partial charge in [0.25, 0.3) is 0 Å². The molecule has 3 nitrogen and oxygen atoms in total. The van der Waals surface area contributed by atoms with Crippen LogP contribution in [0.5, 0.6) is 11.5 Å². The van der Waals surface area contributed by atoms with Crippen molar-refractivity contribution in [3.63, 3.8) is 0 Å². The normalized spacial score (nSPS) is 12.0. The Hall–Kier alpha value is -1.71. The van der Waals surface area contributed by atoms with E-state index in [9.17, 15) is 0 Å². The van der Waals surface area contributed by atoms with Crippen molar-refractivity contribution in [2.75, 3.05) is 14.2 Å². The summed E-state index contributed by atoms with van der Waals surface area (Å²) < 4.78 is 10.7. The topological polar surface area (TPSA) is 44.5 Å². The summed E-state index contributed by atoms with van der Waals surface area (Å²) in [5.41, 5.74) is 8.10. The number of ether oxygens (including phenoxy) is 2. The molecular formula is C15H16ClNO2. The van der Waals surface area contributed by atoms with Gasteiger partial charge in [-0.25, -0.2) is 0 Å². The number of halogens is 1. The third-order valence-electron chi connectivity index (χ3n) is 3.01. The quantitative estimate of drug-likeness (QED) is 0.931. The van der Waals surface area contributed by atoms with E-state index in [1.807, 2.05) is 42.5 Å². The molecule has 0 radical (unpaired) electrons. The van der Waals surface area contributed by atoms with Crippen LogP contribution < -0.4 is 15.2 Å². The molecule has 4 heteroatoms. The van der Waals surface area contributed by atoms with E-state index < -0.39 is 0 Å². The number of hydrogen-bond acceptors (Lipinski definition) is 3. The summed E-state index contributed by atoms with van der Waals surface area (Å²) in [6, 6.07) is 12.7. The van der Waals surface area contributed by atoms with Crippen molar-refractivity contribution in [2.45, 2.75) is 6.04 Å². The summed E-state index contributed by atoms with van der Waals surface area (Å²) in [6.07, 6.45) is 0. The van der Waals surface area contributed by atoms with Crippen LogP contribution in [0.4, 0.5) is 0 Å². The highest BCUT2D eigenvalue weighted by atomic mass is 35.5. The van der Waals surface area contributed by atoms with Crippen molar-refractivity contribution in [2.24, 2.45) is 5.73 Å². The molecule has 19 heavy (non-hydrogen) atoms. The summed E-state index contributed by atoms with van der Waals surface area (Å²) in [7, 11) is 3.24. The van der Waals surface area contributed by atoms with E-state index in [1.54, 1.807) is 14.2 Å². The third kappa shape index (κ3) is 2.83. The molecule has 2 N–H and O–H groups in total. The lowest BCUT2D eigenvalue weighted by atomic mass is 9.98. The van der Waals surface area contributed by atoms with Gasteiger partial charge in [0.05, 0.1) is 25.8 Å². The molecule has 0 spiro atoms. The van der Waals surface area contributed by atoms with Gasteiger partial charge >= 0.3 is 0 Å². The molecular weight excluding hydrogens is 262 g/mol. The van der Waals surface area contributed by atoms with E-state index in [4.69, 9.17) is 26.8 Å². The summed E-state index contributed by atoms with van der Waals surface area (Å²) in [5, 5.41) is 0.683. The number of rotatable bonds is 4. The van der Waals surface area contributed by atoms with E-state index in [0.717, 1.165) is 11.1 Å². The minimum atomic E-state index is -0.330. The van der Waals surface area contributed by atoms with Crippen LogP contribution in [0, 0.1) is 0 Å². The summed E-state index contributed by atoms with van der Waals surface area (Å²) in [4.78, 5) is 0. The minimum absolute atomic E-state index is 0.330. The molecule has 0 saturated heterocycles. The molecule has 1 atom stereocenters. The molecule has 2 rings (SSSR count). The van der Waals surface area contributed by atoms with Crippen LogP contribution >= 0.6 is 11.6 Å². The summed E-state index contributed by atoms with van der Waals surface area (Å²) in [6.45, 7) is 0. The predicted molar refractivity (Wildman–Crippen MR) is 77.0 cm³/mol. The Balaban J connectivity index is 2.47. The van der Waals surface area contributed by atoms with E-state index >= 15 is 0 Å². The highest BCUT2D eigenvalue weighted by molar-refractivity contribution is 6.30. The molecule has 0 aliphatic rings. The fourth-order valence-electron chi connectivity index (χ4n) is 2.02. The second-order valence-electron chi connectivity index (χ2n) is 4.11. The van der Waals surface area contributed by atoms with Gasteiger partial charge in [-0.15, -0.1) is 0 Å². The average Bonchev–Trinajstić information content (AvgIpc) is 2.46. The van der Waals surface area contributed by atoms with Crippen LogP contribution in [0.2, 0.25) is 5.02 Å². The van der Waals surface area contributed by atoms with Gasteiger partial charge in [0.15, 0.2) is 0 Å². The van der Waals surface area contributed by atoms with Gasteiger partial charge < -0.3 is 15.2 Å². The highest BCUT2D eigenvalue weighted by Crippen LogP contribution is 2.36. The van der Waals surface area contributed by atoms with Gasteiger partial charge in [-0.2, -0.15) is 0 Å². The molecule has 0 amide bonds. The lowest BCUT2D eigenvalue weighted by molar-refractivity contribution is 0.382. The maximum absolute atomic E-state index is 6.32. The van der Waals surface area contributed by atoms with E-state index in [0.29, 0.717) is 16.5 Å². The first-order valence-corrected chi connectivity index (χ1v) is 6.27. The fraction of sp³-hybridized carbons (Fsp3) is 0.200. The SMILES string of the molecule is COc1cccc(OC)c1C(N)c1ccc(Cl)cc1. The molecule has 0 aliphatic carbocycles. The first-order valence-electron chi connectivity index (χ1n) is 5.89. The Morgan fingerprint density at radius 1 is 0.947 bits per heavy atom. The second kappa shape index (κ2) is 5.95. The van der Waals surface area contributed by atoms with Gasteiger partial charge in [-0.05, 0) is 29.8 Å². The third-order valence-corrected chi connectivity index (χ3v) is 3.26. The van der Waals surface area contributed by atoms with Crippen molar-refractivity contribution < 1.29 is 9.47 Å². The zero-order valence-electron chi connectivity index (χ0n) is 10.9. The standard InChI is InChI=1S/C15H16ClNO2/c1-18-12-4-3-5-13(19-2)14(12)15(17)10-6-8-11(16)9-7-10/h3-9,15H,17H2,1-2H3. The maximum atomic E-state index is 6.32. The van der Waals surface area contributed by atoms with Crippen molar-refractivity contribution >= 4 is 11.6 Å². The Morgan fingerprint density at radius 3 is 1.95 bits per heavy atom. The first kappa shape index (κ1) is 13.7. The molecule has 0 aliphatic heterocycles. The molecule has 100 valence electrons. The van der Waals surface area contributed by atoms with Gasteiger partial charge in [0, 0.05) is 5.02 Å². The van der Waals surface area contributed by atoms with Gasteiger partial charge in [-0.1, -0.05) is 29.8 Å². The van der Waals surface area contributed by atoms with Gasteiger partial charge in [0.2, 0.25) is 0 Å². The average molecular weight is 278 g/mol. The number of nitrogens with two attached hydrogens (primary N) is 1. The number of hydrogen-bond donors (Lipinski definition) is 1. The van der Waals surface area contributed by atoms with Crippen LogP contribution in [0.1, 0.15) is 17.2 Å². The summed E-state index contributed by atoms with van der Waals surface area (Å²) >= 11 is 5.89. The fourth-order valence-corrected chi connectivity index (χ4v) is 2.15. The molecule has 0 heterocycles. The van der Waals surface area contributed by atoms with E-state index in [1.165, 1.54) is 0 Å². The molecule has 2 aromatic carbocycles. The first-order chi connectivity index (χ1) is 9.17. The largest absolute Gasteiger partial charge is 0.496 e.